The third kappa shape index (κ3) is 2.01. The highest BCUT2D eigenvalue weighted by molar-refractivity contribution is 5.83. The second-order valence-electron chi connectivity index (χ2n) is 3.37. The molecule has 0 bridgehead atoms. The van der Waals surface area contributed by atoms with Crippen LogP contribution in [0.4, 0.5) is 17.6 Å². The van der Waals surface area contributed by atoms with Gasteiger partial charge in [0.15, 0.2) is 0 Å². The predicted molar refractivity (Wildman–Crippen MR) is 53.5 cm³/mol. The van der Waals surface area contributed by atoms with Crippen LogP contribution in [0.5, 0.6) is 0 Å². The van der Waals surface area contributed by atoms with Gasteiger partial charge in [0.25, 0.3) is 6.17 Å². The summed E-state index contributed by atoms with van der Waals surface area (Å²) in [6, 6.07) is 10.6. The number of rotatable bonds is 1. The SMILES string of the molecule is F[C](c1ccc2ccccc2c1)C(F)(F)F. The van der Waals surface area contributed by atoms with Crippen LogP contribution in [0.3, 0.4) is 0 Å². The van der Waals surface area contributed by atoms with Crippen LogP contribution in [-0.2, 0) is 0 Å². The third-order valence-electron chi connectivity index (χ3n) is 2.25. The molecule has 0 amide bonds. The van der Waals surface area contributed by atoms with Crippen molar-refractivity contribution in [2.75, 3.05) is 0 Å². The largest absolute Gasteiger partial charge is 0.430 e. The Labute approximate surface area is 89.5 Å². The average Bonchev–Trinajstić information content (AvgIpc) is 2.26. The van der Waals surface area contributed by atoms with Gasteiger partial charge in [0, 0.05) is 5.56 Å². The molecule has 0 aliphatic rings. The molecule has 0 heterocycles. The van der Waals surface area contributed by atoms with Crippen molar-refractivity contribution in [1.29, 1.82) is 0 Å². The Morgan fingerprint density at radius 3 is 2.12 bits per heavy atom. The Bertz CT molecular complexity index is 502. The monoisotopic (exact) mass is 227 g/mol. The van der Waals surface area contributed by atoms with E-state index in [4.69, 9.17) is 0 Å². The molecule has 0 aliphatic carbocycles. The van der Waals surface area contributed by atoms with Crippen LogP contribution >= 0.6 is 0 Å². The van der Waals surface area contributed by atoms with Crippen molar-refractivity contribution in [2.45, 2.75) is 6.18 Å². The number of benzene rings is 2. The molecular formula is C12H7F4. The van der Waals surface area contributed by atoms with Crippen LogP contribution in [-0.4, -0.2) is 6.18 Å². The summed E-state index contributed by atoms with van der Waals surface area (Å²) in [5.74, 6) is 0. The Hall–Kier alpha value is -1.58. The molecule has 0 N–H and O–H groups in total. The lowest BCUT2D eigenvalue weighted by Gasteiger charge is -2.11. The molecule has 2 aromatic rings. The zero-order valence-corrected chi connectivity index (χ0v) is 8.05. The first-order valence-electron chi connectivity index (χ1n) is 4.57. The summed E-state index contributed by atoms with van der Waals surface area (Å²) in [5.41, 5.74) is -0.439. The van der Waals surface area contributed by atoms with E-state index in [0.29, 0.717) is 5.39 Å². The van der Waals surface area contributed by atoms with Crippen LogP contribution in [0, 0.1) is 6.17 Å². The molecule has 0 nitrogen and oxygen atoms in total. The molecule has 2 rings (SSSR count). The van der Waals surface area contributed by atoms with Crippen molar-refractivity contribution in [1.82, 2.24) is 0 Å². The minimum Gasteiger partial charge on any atom is -0.224 e. The van der Waals surface area contributed by atoms with Gasteiger partial charge in [0.1, 0.15) is 0 Å². The van der Waals surface area contributed by atoms with Crippen molar-refractivity contribution in [3.05, 3.63) is 54.2 Å². The van der Waals surface area contributed by atoms with Crippen molar-refractivity contribution in [3.8, 4) is 0 Å². The molecule has 0 atom stereocenters. The normalized spacial score (nSPS) is 12.3. The average molecular weight is 227 g/mol. The number of halogens is 4. The van der Waals surface area contributed by atoms with E-state index in [-0.39, 0.29) is 0 Å². The number of hydrogen-bond acceptors (Lipinski definition) is 0. The molecule has 0 aromatic heterocycles. The maximum absolute atomic E-state index is 13.0. The predicted octanol–water partition coefficient (Wildman–Crippen LogP) is 4.25. The van der Waals surface area contributed by atoms with E-state index in [0.717, 1.165) is 11.5 Å². The molecule has 0 unspecified atom stereocenters. The van der Waals surface area contributed by atoms with Crippen LogP contribution in [0.1, 0.15) is 5.56 Å². The van der Waals surface area contributed by atoms with Crippen molar-refractivity contribution >= 4 is 10.8 Å². The first-order valence-corrected chi connectivity index (χ1v) is 4.57. The van der Waals surface area contributed by atoms with Gasteiger partial charge in [-0.25, -0.2) is 4.39 Å². The lowest BCUT2D eigenvalue weighted by atomic mass is 10.0. The Balaban J connectivity index is 2.47. The van der Waals surface area contributed by atoms with E-state index in [2.05, 4.69) is 0 Å². The van der Waals surface area contributed by atoms with Gasteiger partial charge in [-0.3, -0.25) is 0 Å². The minimum atomic E-state index is -4.93. The summed E-state index contributed by atoms with van der Waals surface area (Å²) in [6.07, 6.45) is -6.99. The number of hydrogen-bond donors (Lipinski definition) is 0. The van der Waals surface area contributed by atoms with E-state index in [1.165, 1.54) is 12.1 Å². The summed E-state index contributed by atoms with van der Waals surface area (Å²) in [4.78, 5) is 0. The molecule has 0 aliphatic heterocycles. The van der Waals surface area contributed by atoms with Gasteiger partial charge >= 0.3 is 6.18 Å². The standard InChI is InChI=1S/C12H7F4/c13-11(12(14,15)16)10-6-5-8-3-1-2-4-9(8)7-10/h1-7H. The van der Waals surface area contributed by atoms with E-state index in [1.807, 2.05) is 0 Å². The van der Waals surface area contributed by atoms with Gasteiger partial charge < -0.3 is 0 Å². The van der Waals surface area contributed by atoms with Gasteiger partial charge in [-0.15, -0.1) is 0 Å². The van der Waals surface area contributed by atoms with Gasteiger partial charge in [0.05, 0.1) is 0 Å². The highest BCUT2D eigenvalue weighted by atomic mass is 19.4. The quantitative estimate of drug-likeness (QED) is 0.639. The molecule has 0 spiro atoms. The fraction of sp³-hybridized carbons (Fsp3) is 0.0833. The first kappa shape index (κ1) is 10.9. The second-order valence-corrected chi connectivity index (χ2v) is 3.37. The van der Waals surface area contributed by atoms with E-state index in [9.17, 15) is 17.6 Å². The maximum Gasteiger partial charge on any atom is 0.430 e. The van der Waals surface area contributed by atoms with Gasteiger partial charge in [-0.05, 0) is 16.8 Å². The molecule has 1 radical (unpaired) electrons. The van der Waals surface area contributed by atoms with Crippen LogP contribution in [0.25, 0.3) is 10.8 Å². The lowest BCUT2D eigenvalue weighted by molar-refractivity contribution is -0.130. The maximum atomic E-state index is 13.0. The van der Waals surface area contributed by atoms with Gasteiger partial charge in [-0.1, -0.05) is 36.4 Å². The summed E-state index contributed by atoms with van der Waals surface area (Å²) >= 11 is 0. The third-order valence-corrected chi connectivity index (χ3v) is 2.25. The highest BCUT2D eigenvalue weighted by Crippen LogP contribution is 2.35. The van der Waals surface area contributed by atoms with Crippen LogP contribution in [0.2, 0.25) is 0 Å². The summed E-state index contributed by atoms with van der Waals surface area (Å²) in [7, 11) is 0. The second kappa shape index (κ2) is 3.77. The molecule has 0 saturated heterocycles. The molecule has 83 valence electrons. The summed E-state index contributed by atoms with van der Waals surface area (Å²) < 4.78 is 49.3. The fourth-order valence-corrected chi connectivity index (χ4v) is 1.49. The van der Waals surface area contributed by atoms with E-state index < -0.39 is 17.9 Å². The van der Waals surface area contributed by atoms with Crippen LogP contribution < -0.4 is 0 Å². The fourth-order valence-electron chi connectivity index (χ4n) is 1.49. The molecule has 0 saturated carbocycles. The molecule has 2 aromatic carbocycles. The lowest BCUT2D eigenvalue weighted by Crippen LogP contribution is -2.17. The Morgan fingerprint density at radius 2 is 1.50 bits per heavy atom. The van der Waals surface area contributed by atoms with Crippen LogP contribution in [0.15, 0.2) is 42.5 Å². The molecule has 16 heavy (non-hydrogen) atoms. The Kier molecular flexibility index (Phi) is 2.58. The highest BCUT2D eigenvalue weighted by Gasteiger charge is 2.43. The number of fused-ring (bicyclic) bond motifs is 1. The smallest absolute Gasteiger partial charge is 0.224 e. The molecular weight excluding hydrogens is 220 g/mol. The van der Waals surface area contributed by atoms with Crippen molar-refractivity contribution < 1.29 is 17.6 Å². The molecule has 4 heteroatoms. The molecule has 0 fully saturated rings. The zero-order chi connectivity index (χ0) is 11.8. The Morgan fingerprint density at radius 1 is 0.875 bits per heavy atom. The van der Waals surface area contributed by atoms with E-state index >= 15 is 0 Å². The zero-order valence-electron chi connectivity index (χ0n) is 8.05. The topological polar surface area (TPSA) is 0 Å². The summed E-state index contributed by atoms with van der Waals surface area (Å²) in [6.45, 7) is 0. The van der Waals surface area contributed by atoms with Crippen molar-refractivity contribution in [2.24, 2.45) is 0 Å². The number of alkyl halides is 3. The van der Waals surface area contributed by atoms with Crippen molar-refractivity contribution in [3.63, 3.8) is 0 Å². The van der Waals surface area contributed by atoms with Gasteiger partial charge in [0.2, 0.25) is 0 Å². The minimum absolute atomic E-state index is 0.439. The summed E-state index contributed by atoms with van der Waals surface area (Å²) in [5, 5.41) is 1.36. The van der Waals surface area contributed by atoms with E-state index in [1.54, 1.807) is 24.3 Å². The van der Waals surface area contributed by atoms with Gasteiger partial charge in [-0.2, -0.15) is 13.2 Å². The first-order chi connectivity index (χ1) is 7.48.